The van der Waals surface area contributed by atoms with Crippen LogP contribution in [0.2, 0.25) is 5.02 Å². The molecule has 3 rings (SSSR count). The van der Waals surface area contributed by atoms with Crippen molar-refractivity contribution < 1.29 is 4.79 Å². The Labute approximate surface area is 185 Å². The van der Waals surface area contributed by atoms with E-state index in [9.17, 15) is 9.59 Å². The van der Waals surface area contributed by atoms with Crippen LogP contribution in [0.3, 0.4) is 0 Å². The van der Waals surface area contributed by atoms with Crippen LogP contribution in [-0.4, -0.2) is 32.2 Å². The molecule has 1 amide bonds. The zero-order valence-corrected chi connectivity index (χ0v) is 18.6. The van der Waals surface area contributed by atoms with Crippen LogP contribution in [-0.2, 0) is 17.9 Å². The minimum Gasteiger partial charge on any atom is -0.335 e. The van der Waals surface area contributed by atoms with Crippen molar-refractivity contribution in [1.29, 1.82) is 0 Å². The molecule has 5 nitrogen and oxygen atoms in total. The molecule has 3 aromatic rings. The molecule has 0 aliphatic carbocycles. The summed E-state index contributed by atoms with van der Waals surface area (Å²) in [5.74, 6) is 0.171. The van der Waals surface area contributed by atoms with E-state index in [0.29, 0.717) is 34.2 Å². The number of hydrogen-bond donors (Lipinski definition) is 0. The number of nitrogens with zero attached hydrogens (tertiary/aromatic N) is 3. The lowest BCUT2D eigenvalue weighted by atomic mass is 10.2. The summed E-state index contributed by atoms with van der Waals surface area (Å²) in [6.07, 6.45) is 1.65. The molecule has 0 saturated heterocycles. The monoisotopic (exact) mass is 441 g/mol. The number of carbonyl (C=O) groups is 1. The molecule has 0 bridgehead atoms. The van der Waals surface area contributed by atoms with Gasteiger partial charge in [0.2, 0.25) is 5.91 Å². The summed E-state index contributed by atoms with van der Waals surface area (Å²) in [7, 11) is 0. The molecule has 0 spiro atoms. The molecule has 0 fully saturated rings. The highest BCUT2D eigenvalue weighted by Crippen LogP contribution is 2.21. The molecular formula is C23H24ClN3O2S. The Bertz CT molecular complexity index is 1110. The van der Waals surface area contributed by atoms with Crippen molar-refractivity contribution in [3.05, 3.63) is 82.1 Å². The van der Waals surface area contributed by atoms with Crippen molar-refractivity contribution in [3.63, 3.8) is 0 Å². The Hall–Kier alpha value is -2.57. The molecule has 0 unspecified atom stereocenters. The van der Waals surface area contributed by atoms with Gasteiger partial charge in [-0.05, 0) is 37.6 Å². The SMILES string of the molecule is C=CCn1c(SCC(=O)N(Cc2ccccc2)C(C)C)nc2cc(Cl)ccc2c1=O. The van der Waals surface area contributed by atoms with Crippen LogP contribution in [0.5, 0.6) is 0 Å². The number of halogens is 1. The van der Waals surface area contributed by atoms with E-state index >= 15 is 0 Å². The van der Waals surface area contributed by atoms with Gasteiger partial charge < -0.3 is 4.90 Å². The van der Waals surface area contributed by atoms with Crippen LogP contribution in [0.15, 0.2) is 71.1 Å². The van der Waals surface area contributed by atoms with Crippen LogP contribution in [0.1, 0.15) is 19.4 Å². The van der Waals surface area contributed by atoms with Crippen LogP contribution in [0, 0.1) is 0 Å². The van der Waals surface area contributed by atoms with E-state index in [1.807, 2.05) is 49.1 Å². The summed E-state index contributed by atoms with van der Waals surface area (Å²) >= 11 is 7.33. The zero-order valence-electron chi connectivity index (χ0n) is 17.0. The van der Waals surface area contributed by atoms with Gasteiger partial charge in [-0.3, -0.25) is 14.2 Å². The Morgan fingerprint density at radius 3 is 2.67 bits per heavy atom. The summed E-state index contributed by atoms with van der Waals surface area (Å²) in [5.41, 5.74) is 1.43. The Balaban J connectivity index is 1.85. The number of hydrogen-bond acceptors (Lipinski definition) is 4. The topological polar surface area (TPSA) is 55.2 Å². The molecule has 30 heavy (non-hydrogen) atoms. The van der Waals surface area contributed by atoms with Crippen LogP contribution in [0.4, 0.5) is 0 Å². The summed E-state index contributed by atoms with van der Waals surface area (Å²) in [6.45, 7) is 8.58. The summed E-state index contributed by atoms with van der Waals surface area (Å²) < 4.78 is 1.54. The normalized spacial score (nSPS) is 11.1. The fourth-order valence-corrected chi connectivity index (χ4v) is 4.18. The smallest absolute Gasteiger partial charge is 0.262 e. The van der Waals surface area contributed by atoms with Crippen LogP contribution >= 0.6 is 23.4 Å². The van der Waals surface area contributed by atoms with Gasteiger partial charge in [-0.1, -0.05) is 59.8 Å². The lowest BCUT2D eigenvalue weighted by Gasteiger charge is -2.27. The van der Waals surface area contributed by atoms with Gasteiger partial charge in [0.25, 0.3) is 5.56 Å². The molecule has 1 aromatic heterocycles. The van der Waals surface area contributed by atoms with E-state index in [0.717, 1.165) is 5.56 Å². The first kappa shape index (κ1) is 22.1. The number of thioether (sulfide) groups is 1. The van der Waals surface area contributed by atoms with E-state index in [4.69, 9.17) is 11.6 Å². The molecule has 0 N–H and O–H groups in total. The van der Waals surface area contributed by atoms with Gasteiger partial charge in [-0.15, -0.1) is 6.58 Å². The van der Waals surface area contributed by atoms with E-state index < -0.39 is 0 Å². The number of rotatable bonds is 8. The first-order chi connectivity index (χ1) is 14.4. The number of allylic oxidation sites excluding steroid dienone is 1. The molecule has 1 heterocycles. The molecular weight excluding hydrogens is 418 g/mol. The third-order valence-electron chi connectivity index (χ3n) is 4.66. The minimum atomic E-state index is -0.170. The number of amides is 1. The third kappa shape index (κ3) is 5.12. The van der Waals surface area contributed by atoms with E-state index in [1.54, 1.807) is 24.3 Å². The average molecular weight is 442 g/mol. The van der Waals surface area contributed by atoms with Gasteiger partial charge in [-0.25, -0.2) is 4.98 Å². The number of benzene rings is 2. The Morgan fingerprint density at radius 1 is 1.27 bits per heavy atom. The first-order valence-electron chi connectivity index (χ1n) is 9.68. The van der Waals surface area contributed by atoms with Crippen molar-refractivity contribution in [2.24, 2.45) is 0 Å². The molecule has 0 saturated carbocycles. The second kappa shape index (κ2) is 9.96. The maximum absolute atomic E-state index is 13.0. The van der Waals surface area contributed by atoms with E-state index in [1.165, 1.54) is 16.3 Å². The van der Waals surface area contributed by atoms with Gasteiger partial charge in [0.15, 0.2) is 5.16 Å². The Morgan fingerprint density at radius 2 is 2.00 bits per heavy atom. The van der Waals surface area contributed by atoms with Gasteiger partial charge >= 0.3 is 0 Å². The molecule has 0 radical (unpaired) electrons. The maximum Gasteiger partial charge on any atom is 0.262 e. The van der Waals surface area contributed by atoms with Crippen LogP contribution < -0.4 is 5.56 Å². The van der Waals surface area contributed by atoms with Gasteiger partial charge in [0.1, 0.15) is 0 Å². The summed E-state index contributed by atoms with van der Waals surface area (Å²) in [6, 6.07) is 15.0. The van der Waals surface area contributed by atoms with E-state index in [2.05, 4.69) is 11.6 Å². The quantitative estimate of drug-likeness (QED) is 0.287. The van der Waals surface area contributed by atoms with E-state index in [-0.39, 0.29) is 23.3 Å². The zero-order chi connectivity index (χ0) is 21.7. The highest BCUT2D eigenvalue weighted by Gasteiger charge is 2.19. The van der Waals surface area contributed by atoms with Crippen molar-refractivity contribution in [3.8, 4) is 0 Å². The van der Waals surface area contributed by atoms with Crippen molar-refractivity contribution in [2.45, 2.75) is 38.1 Å². The first-order valence-corrected chi connectivity index (χ1v) is 11.0. The van der Waals surface area contributed by atoms with Gasteiger partial charge in [0, 0.05) is 24.2 Å². The molecule has 2 aromatic carbocycles. The molecule has 156 valence electrons. The summed E-state index contributed by atoms with van der Waals surface area (Å²) in [5, 5.41) is 1.48. The minimum absolute atomic E-state index is 0.00977. The maximum atomic E-state index is 13.0. The predicted octanol–water partition coefficient (Wildman–Crippen LogP) is 4.77. The third-order valence-corrected chi connectivity index (χ3v) is 5.85. The van der Waals surface area contributed by atoms with Crippen LogP contribution in [0.25, 0.3) is 10.9 Å². The van der Waals surface area contributed by atoms with Gasteiger partial charge in [-0.2, -0.15) is 0 Å². The number of fused-ring (bicyclic) bond motifs is 1. The lowest BCUT2D eigenvalue weighted by molar-refractivity contribution is -0.130. The second-order valence-electron chi connectivity index (χ2n) is 7.15. The fraction of sp³-hybridized carbons (Fsp3) is 0.261. The molecule has 0 aliphatic heterocycles. The van der Waals surface area contributed by atoms with Gasteiger partial charge in [0.05, 0.1) is 16.7 Å². The fourth-order valence-electron chi connectivity index (χ4n) is 3.12. The number of aromatic nitrogens is 2. The molecule has 0 atom stereocenters. The summed E-state index contributed by atoms with van der Waals surface area (Å²) in [4.78, 5) is 32.3. The highest BCUT2D eigenvalue weighted by atomic mass is 35.5. The van der Waals surface area contributed by atoms with Crippen molar-refractivity contribution in [1.82, 2.24) is 14.5 Å². The van der Waals surface area contributed by atoms with Crippen molar-refractivity contribution in [2.75, 3.05) is 5.75 Å². The number of carbonyl (C=O) groups excluding carboxylic acids is 1. The van der Waals surface area contributed by atoms with Crippen molar-refractivity contribution >= 4 is 40.2 Å². The molecule has 0 aliphatic rings. The highest BCUT2D eigenvalue weighted by molar-refractivity contribution is 7.99. The largest absolute Gasteiger partial charge is 0.335 e. The Kier molecular flexibility index (Phi) is 7.34. The predicted molar refractivity (Wildman–Crippen MR) is 124 cm³/mol. The second-order valence-corrected chi connectivity index (χ2v) is 8.53. The standard InChI is InChI=1S/C23H24ClN3O2S/c1-4-12-26-22(29)19-11-10-18(24)13-20(19)25-23(26)30-15-21(28)27(16(2)3)14-17-8-6-5-7-9-17/h4-11,13,16H,1,12,14-15H2,2-3H3. The average Bonchev–Trinajstić information content (AvgIpc) is 2.73. The molecule has 7 heteroatoms. The lowest BCUT2D eigenvalue weighted by Crippen LogP contribution is -2.37.